The van der Waals surface area contributed by atoms with Crippen LogP contribution >= 0.6 is 0 Å². The topological polar surface area (TPSA) is 139 Å². The van der Waals surface area contributed by atoms with Crippen molar-refractivity contribution in [3.63, 3.8) is 0 Å². The summed E-state index contributed by atoms with van der Waals surface area (Å²) in [5, 5.41) is 26.9. The quantitative estimate of drug-likeness (QED) is 0.480. The van der Waals surface area contributed by atoms with Gasteiger partial charge in [0.1, 0.15) is 18.0 Å². The summed E-state index contributed by atoms with van der Waals surface area (Å²) in [6.07, 6.45) is 4.36. The standard InChI is InChI=1S/C23H29N7O4/c1-3-17-19(30-10-4-5-15(12-30)11-21(32)33)7-6-18(26-17)22-20(29(2)28-27-22)14-34-23-24-9-8-16(13-31)25-23/h6-9,15,31H,3-5,10-14H2,1-2H3,(H,32,33). The van der Waals surface area contributed by atoms with E-state index in [1.165, 1.54) is 6.20 Å². The first-order valence-corrected chi connectivity index (χ1v) is 11.4. The maximum Gasteiger partial charge on any atom is 0.317 e. The number of aryl methyl sites for hydroxylation is 2. The van der Waals surface area contributed by atoms with E-state index in [9.17, 15) is 15.0 Å². The molecule has 0 amide bonds. The van der Waals surface area contributed by atoms with Crippen molar-refractivity contribution in [1.82, 2.24) is 29.9 Å². The number of hydrogen-bond donors (Lipinski definition) is 2. The Morgan fingerprint density at radius 1 is 1.26 bits per heavy atom. The van der Waals surface area contributed by atoms with Crippen molar-refractivity contribution in [3.05, 3.63) is 41.5 Å². The third kappa shape index (κ3) is 5.30. The molecule has 1 aliphatic heterocycles. The number of aromatic nitrogens is 6. The first kappa shape index (κ1) is 23.6. The van der Waals surface area contributed by atoms with Crippen LogP contribution in [0.5, 0.6) is 6.01 Å². The summed E-state index contributed by atoms with van der Waals surface area (Å²) in [5.74, 6) is -0.604. The van der Waals surface area contributed by atoms with Gasteiger partial charge in [-0.05, 0) is 43.4 Å². The molecule has 4 rings (SSSR count). The molecule has 180 valence electrons. The molecule has 1 fully saturated rings. The lowest BCUT2D eigenvalue weighted by Crippen LogP contribution is -2.37. The third-order valence-corrected chi connectivity index (χ3v) is 5.98. The summed E-state index contributed by atoms with van der Waals surface area (Å²) < 4.78 is 7.37. The lowest BCUT2D eigenvalue weighted by atomic mass is 9.94. The highest BCUT2D eigenvalue weighted by Crippen LogP contribution is 2.30. The number of pyridine rings is 1. The van der Waals surface area contributed by atoms with Gasteiger partial charge in [0.2, 0.25) is 0 Å². The molecule has 0 saturated carbocycles. The van der Waals surface area contributed by atoms with Crippen molar-refractivity contribution < 1.29 is 19.7 Å². The van der Waals surface area contributed by atoms with E-state index in [0.717, 1.165) is 49.4 Å². The van der Waals surface area contributed by atoms with Crippen LogP contribution in [0, 0.1) is 5.92 Å². The fourth-order valence-corrected chi connectivity index (χ4v) is 4.28. The van der Waals surface area contributed by atoms with Gasteiger partial charge < -0.3 is 19.8 Å². The molecule has 0 radical (unpaired) electrons. The van der Waals surface area contributed by atoms with Crippen molar-refractivity contribution in [2.24, 2.45) is 13.0 Å². The Hall–Kier alpha value is -3.60. The van der Waals surface area contributed by atoms with Gasteiger partial charge in [-0.15, -0.1) is 5.10 Å². The number of hydrogen-bond acceptors (Lipinski definition) is 9. The van der Waals surface area contributed by atoms with Crippen LogP contribution in [0.3, 0.4) is 0 Å². The number of carbonyl (C=O) groups is 1. The number of nitrogens with zero attached hydrogens (tertiary/aromatic N) is 7. The van der Waals surface area contributed by atoms with Crippen LogP contribution in [-0.2, 0) is 31.5 Å². The maximum atomic E-state index is 11.2. The largest absolute Gasteiger partial charge is 0.481 e. The Kier molecular flexibility index (Phi) is 7.31. The van der Waals surface area contributed by atoms with Crippen molar-refractivity contribution >= 4 is 11.7 Å². The molecule has 1 atom stereocenters. The van der Waals surface area contributed by atoms with Crippen LogP contribution < -0.4 is 9.64 Å². The SMILES string of the molecule is CCc1nc(-c2nnn(C)c2COc2nccc(CO)n2)ccc1N1CCCC(CC(=O)O)C1. The molecule has 34 heavy (non-hydrogen) atoms. The Balaban J connectivity index is 1.55. The summed E-state index contributed by atoms with van der Waals surface area (Å²) in [4.78, 5) is 26.5. The monoisotopic (exact) mass is 467 g/mol. The number of carboxylic acids is 1. The number of ether oxygens (including phenoxy) is 1. The lowest BCUT2D eigenvalue weighted by Gasteiger charge is -2.34. The first-order valence-electron chi connectivity index (χ1n) is 11.4. The smallest absolute Gasteiger partial charge is 0.317 e. The number of aliphatic hydroxyl groups excluding tert-OH is 1. The molecule has 1 saturated heterocycles. The molecular weight excluding hydrogens is 438 g/mol. The fourth-order valence-electron chi connectivity index (χ4n) is 4.28. The second-order valence-corrected chi connectivity index (χ2v) is 8.35. The average Bonchev–Trinajstić information content (AvgIpc) is 3.22. The molecule has 4 heterocycles. The highest BCUT2D eigenvalue weighted by Gasteiger charge is 2.25. The maximum absolute atomic E-state index is 11.2. The van der Waals surface area contributed by atoms with Crippen LogP contribution in [-0.4, -0.2) is 59.2 Å². The highest BCUT2D eigenvalue weighted by molar-refractivity contribution is 5.67. The van der Waals surface area contributed by atoms with Gasteiger partial charge in [0.05, 0.1) is 29.4 Å². The minimum absolute atomic E-state index is 0.140. The normalized spacial score (nSPS) is 16.0. The van der Waals surface area contributed by atoms with Crippen molar-refractivity contribution in [2.45, 2.75) is 45.8 Å². The Bertz CT molecular complexity index is 1150. The van der Waals surface area contributed by atoms with Crippen molar-refractivity contribution in [2.75, 3.05) is 18.0 Å². The molecular formula is C23H29N7O4. The van der Waals surface area contributed by atoms with E-state index in [-0.39, 0.29) is 31.6 Å². The second kappa shape index (κ2) is 10.6. The fraction of sp³-hybridized carbons (Fsp3) is 0.478. The molecule has 3 aromatic heterocycles. The number of anilines is 1. The van der Waals surface area contributed by atoms with Crippen molar-refractivity contribution in [3.8, 4) is 17.4 Å². The van der Waals surface area contributed by atoms with Gasteiger partial charge in [-0.2, -0.15) is 4.98 Å². The number of aliphatic carboxylic acids is 1. The number of piperidine rings is 1. The molecule has 11 nitrogen and oxygen atoms in total. The zero-order valence-electron chi connectivity index (χ0n) is 19.4. The predicted octanol–water partition coefficient (Wildman–Crippen LogP) is 1.99. The van der Waals surface area contributed by atoms with Crippen LogP contribution in [0.25, 0.3) is 11.4 Å². The van der Waals surface area contributed by atoms with E-state index in [0.29, 0.717) is 17.1 Å². The first-order chi connectivity index (χ1) is 16.5. The molecule has 2 N–H and O–H groups in total. The molecule has 1 unspecified atom stereocenters. The zero-order chi connectivity index (χ0) is 24.1. The molecule has 1 aliphatic rings. The van der Waals surface area contributed by atoms with Crippen LogP contribution in [0.15, 0.2) is 24.4 Å². The van der Waals surface area contributed by atoms with Gasteiger partial charge in [-0.3, -0.25) is 4.79 Å². The summed E-state index contributed by atoms with van der Waals surface area (Å²) in [6, 6.07) is 5.74. The lowest BCUT2D eigenvalue weighted by molar-refractivity contribution is -0.138. The Morgan fingerprint density at radius 2 is 2.12 bits per heavy atom. The van der Waals surface area contributed by atoms with Crippen LogP contribution in [0.4, 0.5) is 5.69 Å². The minimum Gasteiger partial charge on any atom is -0.481 e. The molecule has 3 aromatic rings. The van der Waals surface area contributed by atoms with E-state index < -0.39 is 5.97 Å². The van der Waals surface area contributed by atoms with Gasteiger partial charge >= 0.3 is 12.0 Å². The van der Waals surface area contributed by atoms with E-state index in [1.54, 1.807) is 17.8 Å². The van der Waals surface area contributed by atoms with Gasteiger partial charge in [0.15, 0.2) is 0 Å². The second-order valence-electron chi connectivity index (χ2n) is 8.35. The van der Waals surface area contributed by atoms with Gasteiger partial charge in [0, 0.05) is 32.8 Å². The third-order valence-electron chi connectivity index (χ3n) is 5.98. The van der Waals surface area contributed by atoms with E-state index in [2.05, 4.69) is 32.1 Å². The number of carboxylic acid groups (broad SMARTS) is 1. The molecule has 0 aliphatic carbocycles. The Labute approximate surface area is 197 Å². The minimum atomic E-state index is -0.748. The van der Waals surface area contributed by atoms with Gasteiger partial charge in [0.25, 0.3) is 0 Å². The summed E-state index contributed by atoms with van der Waals surface area (Å²) >= 11 is 0. The highest BCUT2D eigenvalue weighted by atomic mass is 16.5. The molecule has 11 heteroatoms. The number of aliphatic hydroxyl groups is 1. The van der Waals surface area contributed by atoms with E-state index in [1.807, 2.05) is 12.1 Å². The summed E-state index contributed by atoms with van der Waals surface area (Å²) in [5.41, 5.74) is 4.48. The molecule has 0 bridgehead atoms. The summed E-state index contributed by atoms with van der Waals surface area (Å²) in [6.45, 7) is 3.61. The average molecular weight is 468 g/mol. The summed E-state index contributed by atoms with van der Waals surface area (Å²) in [7, 11) is 1.78. The zero-order valence-corrected chi connectivity index (χ0v) is 19.4. The number of rotatable bonds is 9. The predicted molar refractivity (Wildman–Crippen MR) is 123 cm³/mol. The van der Waals surface area contributed by atoms with Gasteiger partial charge in [-0.25, -0.2) is 14.6 Å². The van der Waals surface area contributed by atoms with E-state index in [4.69, 9.17) is 9.72 Å². The molecule has 0 aromatic carbocycles. The van der Waals surface area contributed by atoms with Crippen molar-refractivity contribution in [1.29, 1.82) is 0 Å². The molecule has 0 spiro atoms. The van der Waals surface area contributed by atoms with Gasteiger partial charge in [-0.1, -0.05) is 12.1 Å². The van der Waals surface area contributed by atoms with Crippen LogP contribution in [0.1, 0.15) is 43.3 Å². The Morgan fingerprint density at radius 3 is 2.88 bits per heavy atom. The van der Waals surface area contributed by atoms with Crippen LogP contribution in [0.2, 0.25) is 0 Å². The van der Waals surface area contributed by atoms with E-state index >= 15 is 0 Å².